The van der Waals surface area contributed by atoms with E-state index in [4.69, 9.17) is 23.2 Å². The van der Waals surface area contributed by atoms with Crippen LogP contribution in [0.2, 0.25) is 5.02 Å². The molecule has 0 aromatic heterocycles. The minimum Gasteiger partial charge on any atom is -0.207 e. The molecule has 0 bridgehead atoms. The van der Waals surface area contributed by atoms with Gasteiger partial charge >= 0.3 is 0 Å². The number of rotatable bonds is 2. The van der Waals surface area contributed by atoms with Gasteiger partial charge in [-0.05, 0) is 41.8 Å². The summed E-state index contributed by atoms with van der Waals surface area (Å²) in [7, 11) is 0. The van der Waals surface area contributed by atoms with E-state index in [-0.39, 0.29) is 11.2 Å². The molecule has 1 atom stereocenters. The molecule has 1 unspecified atom stereocenters. The van der Waals surface area contributed by atoms with Crippen LogP contribution < -0.4 is 0 Å². The van der Waals surface area contributed by atoms with Crippen LogP contribution in [0.4, 0.5) is 4.39 Å². The number of halogens is 3. The Balaban J connectivity index is 2.33. The third-order valence-electron chi connectivity index (χ3n) is 2.65. The zero-order valence-electron chi connectivity index (χ0n) is 9.25. The van der Waals surface area contributed by atoms with Crippen LogP contribution in [0.3, 0.4) is 0 Å². The summed E-state index contributed by atoms with van der Waals surface area (Å²) in [6, 6.07) is 12.3. The molecule has 2 aromatic carbocycles. The fraction of sp³-hybridized carbons (Fsp3) is 0.143. The fourth-order valence-electron chi connectivity index (χ4n) is 1.59. The molecule has 0 aliphatic carbocycles. The molecular formula is C14H11Cl2F. The quantitative estimate of drug-likeness (QED) is 0.664. The maximum Gasteiger partial charge on any atom is 0.126 e. The predicted molar refractivity (Wildman–Crippen MR) is 70.3 cm³/mol. The van der Waals surface area contributed by atoms with Crippen molar-refractivity contribution in [3.05, 3.63) is 70.0 Å². The smallest absolute Gasteiger partial charge is 0.126 e. The van der Waals surface area contributed by atoms with Gasteiger partial charge in [-0.15, -0.1) is 11.6 Å². The Morgan fingerprint density at radius 2 is 1.59 bits per heavy atom. The molecule has 88 valence electrons. The standard InChI is InChI=1S/C14H11Cl2F/c1-9-2-3-11(8-13(9)17)14(16)10-4-6-12(15)7-5-10/h2-8,14H,1H3. The average Bonchev–Trinajstić information content (AvgIpc) is 2.33. The highest BCUT2D eigenvalue weighted by atomic mass is 35.5. The summed E-state index contributed by atoms with van der Waals surface area (Å²) in [5, 5.41) is 0.301. The van der Waals surface area contributed by atoms with E-state index in [0.717, 1.165) is 11.1 Å². The Morgan fingerprint density at radius 3 is 2.18 bits per heavy atom. The van der Waals surface area contributed by atoms with Gasteiger partial charge in [-0.25, -0.2) is 4.39 Å². The van der Waals surface area contributed by atoms with Gasteiger partial charge in [0.05, 0.1) is 5.38 Å². The highest BCUT2D eigenvalue weighted by Gasteiger charge is 2.12. The van der Waals surface area contributed by atoms with Crippen molar-refractivity contribution in [1.29, 1.82) is 0 Å². The Labute approximate surface area is 110 Å². The van der Waals surface area contributed by atoms with Gasteiger partial charge in [0.2, 0.25) is 0 Å². The monoisotopic (exact) mass is 268 g/mol. The summed E-state index contributed by atoms with van der Waals surface area (Å²) in [6.07, 6.45) is 0. The van der Waals surface area contributed by atoms with Gasteiger partial charge in [-0.1, -0.05) is 35.9 Å². The highest BCUT2D eigenvalue weighted by Crippen LogP contribution is 2.30. The minimum atomic E-state index is -0.359. The molecule has 0 aliphatic heterocycles. The number of aryl methyl sites for hydroxylation is 1. The minimum absolute atomic E-state index is 0.234. The van der Waals surface area contributed by atoms with Crippen LogP contribution in [-0.2, 0) is 0 Å². The summed E-state index contributed by atoms with van der Waals surface area (Å²) >= 11 is 12.1. The molecule has 3 heteroatoms. The molecule has 0 heterocycles. The van der Waals surface area contributed by atoms with E-state index in [2.05, 4.69) is 0 Å². The molecule has 0 aliphatic rings. The first-order valence-electron chi connectivity index (χ1n) is 5.23. The Kier molecular flexibility index (Phi) is 3.70. The molecule has 0 N–H and O–H groups in total. The molecule has 0 saturated heterocycles. The van der Waals surface area contributed by atoms with Crippen molar-refractivity contribution in [3.63, 3.8) is 0 Å². The SMILES string of the molecule is Cc1ccc(C(Cl)c2ccc(Cl)cc2)cc1F. The van der Waals surface area contributed by atoms with Gasteiger partial charge in [0.15, 0.2) is 0 Å². The van der Waals surface area contributed by atoms with Crippen molar-refractivity contribution in [2.45, 2.75) is 12.3 Å². The second-order valence-electron chi connectivity index (χ2n) is 3.92. The summed E-state index contributed by atoms with van der Waals surface area (Å²) in [4.78, 5) is 0. The zero-order chi connectivity index (χ0) is 12.4. The first-order chi connectivity index (χ1) is 8.08. The molecule has 0 saturated carbocycles. The Bertz CT molecular complexity index is 520. The van der Waals surface area contributed by atoms with Crippen LogP contribution in [0, 0.1) is 12.7 Å². The second kappa shape index (κ2) is 5.07. The lowest BCUT2D eigenvalue weighted by atomic mass is 10.0. The van der Waals surface area contributed by atoms with Gasteiger partial charge < -0.3 is 0 Å². The van der Waals surface area contributed by atoms with Crippen molar-refractivity contribution in [2.75, 3.05) is 0 Å². The number of hydrogen-bond donors (Lipinski definition) is 0. The van der Waals surface area contributed by atoms with E-state index in [1.54, 1.807) is 25.1 Å². The molecule has 0 fully saturated rings. The molecule has 17 heavy (non-hydrogen) atoms. The molecule has 0 nitrogen and oxygen atoms in total. The Hall–Kier alpha value is -1.05. The summed E-state index contributed by atoms with van der Waals surface area (Å²) in [5.41, 5.74) is 2.27. The van der Waals surface area contributed by atoms with E-state index < -0.39 is 0 Å². The summed E-state index contributed by atoms with van der Waals surface area (Å²) < 4.78 is 13.4. The lowest BCUT2D eigenvalue weighted by molar-refractivity contribution is 0.616. The van der Waals surface area contributed by atoms with Crippen LogP contribution in [-0.4, -0.2) is 0 Å². The van der Waals surface area contributed by atoms with Gasteiger partial charge in [0, 0.05) is 5.02 Å². The fourth-order valence-corrected chi connectivity index (χ4v) is 2.00. The van der Waals surface area contributed by atoms with E-state index in [1.165, 1.54) is 6.07 Å². The third kappa shape index (κ3) is 2.80. The zero-order valence-corrected chi connectivity index (χ0v) is 10.8. The first-order valence-corrected chi connectivity index (χ1v) is 6.05. The molecular weight excluding hydrogens is 258 g/mol. The van der Waals surface area contributed by atoms with Gasteiger partial charge in [-0.3, -0.25) is 0 Å². The van der Waals surface area contributed by atoms with Crippen molar-refractivity contribution in [2.24, 2.45) is 0 Å². The summed E-state index contributed by atoms with van der Waals surface area (Å²) in [6.45, 7) is 1.73. The van der Waals surface area contributed by atoms with Crippen LogP contribution in [0.1, 0.15) is 22.1 Å². The van der Waals surface area contributed by atoms with Crippen molar-refractivity contribution >= 4 is 23.2 Å². The largest absolute Gasteiger partial charge is 0.207 e. The van der Waals surface area contributed by atoms with Gasteiger partial charge in [0.1, 0.15) is 5.82 Å². The van der Waals surface area contributed by atoms with Crippen molar-refractivity contribution in [3.8, 4) is 0 Å². The van der Waals surface area contributed by atoms with Gasteiger partial charge in [0.25, 0.3) is 0 Å². The number of hydrogen-bond acceptors (Lipinski definition) is 0. The number of alkyl halides is 1. The van der Waals surface area contributed by atoms with Crippen LogP contribution in [0.5, 0.6) is 0 Å². The lowest BCUT2D eigenvalue weighted by Gasteiger charge is -2.11. The molecule has 0 spiro atoms. The lowest BCUT2D eigenvalue weighted by Crippen LogP contribution is -1.95. The topological polar surface area (TPSA) is 0 Å². The molecule has 0 radical (unpaired) electrons. The second-order valence-corrected chi connectivity index (χ2v) is 4.80. The van der Waals surface area contributed by atoms with Crippen LogP contribution in [0.15, 0.2) is 42.5 Å². The van der Waals surface area contributed by atoms with Crippen molar-refractivity contribution in [1.82, 2.24) is 0 Å². The highest BCUT2D eigenvalue weighted by molar-refractivity contribution is 6.30. The van der Waals surface area contributed by atoms with Crippen LogP contribution in [0.25, 0.3) is 0 Å². The molecule has 2 rings (SSSR count). The van der Waals surface area contributed by atoms with Crippen LogP contribution >= 0.6 is 23.2 Å². The Morgan fingerprint density at radius 1 is 1.00 bits per heavy atom. The maximum absolute atomic E-state index is 13.4. The molecule has 2 aromatic rings. The van der Waals surface area contributed by atoms with E-state index >= 15 is 0 Å². The molecule has 0 amide bonds. The third-order valence-corrected chi connectivity index (χ3v) is 3.41. The average molecular weight is 269 g/mol. The maximum atomic E-state index is 13.4. The van der Waals surface area contributed by atoms with Crippen molar-refractivity contribution < 1.29 is 4.39 Å². The normalized spacial score (nSPS) is 12.5. The van der Waals surface area contributed by atoms with E-state index in [1.807, 2.05) is 18.2 Å². The number of benzene rings is 2. The van der Waals surface area contributed by atoms with E-state index in [9.17, 15) is 4.39 Å². The van der Waals surface area contributed by atoms with E-state index in [0.29, 0.717) is 10.6 Å². The predicted octanol–water partition coefficient (Wildman–Crippen LogP) is 5.12. The summed E-state index contributed by atoms with van der Waals surface area (Å²) in [5.74, 6) is -0.234. The van der Waals surface area contributed by atoms with Gasteiger partial charge in [-0.2, -0.15) is 0 Å². The first kappa shape index (κ1) is 12.4.